The molecule has 0 spiro atoms. The van der Waals surface area contributed by atoms with Crippen LogP contribution >= 0.6 is 0 Å². The molecule has 2 heterocycles. The average molecular weight is 339 g/mol. The largest absolute Gasteiger partial charge is 0.408 e. The first-order valence-corrected chi connectivity index (χ1v) is 7.96. The number of tetrazole rings is 1. The van der Waals surface area contributed by atoms with E-state index in [1.807, 2.05) is 6.92 Å². The van der Waals surface area contributed by atoms with Crippen molar-refractivity contribution >= 4 is 0 Å². The average Bonchev–Trinajstić information content (AvgIpc) is 3.11. The zero-order valence-electron chi connectivity index (χ0n) is 13.7. The number of hydrogen-bond donors (Lipinski definition) is 0. The fourth-order valence-electron chi connectivity index (χ4n) is 3.30. The molecule has 2 aromatic rings. The van der Waals surface area contributed by atoms with Crippen LogP contribution < -0.4 is 0 Å². The molecule has 1 fully saturated rings. The van der Waals surface area contributed by atoms with E-state index in [-0.39, 0.29) is 11.9 Å². The van der Waals surface area contributed by atoms with Crippen LogP contribution in [-0.4, -0.2) is 37.8 Å². The second-order valence-electron chi connectivity index (χ2n) is 6.36. The van der Waals surface area contributed by atoms with E-state index in [2.05, 4.69) is 45.5 Å². The number of nitrogens with zero attached hydrogens (tertiary/aromatic N) is 5. The van der Waals surface area contributed by atoms with E-state index in [1.165, 1.54) is 16.7 Å². The molecule has 1 aliphatic rings. The Kier molecular flexibility index (Phi) is 4.58. The highest BCUT2D eigenvalue weighted by Crippen LogP contribution is 2.35. The Bertz CT molecular complexity index is 710. The van der Waals surface area contributed by atoms with Crippen LogP contribution in [0.2, 0.25) is 0 Å². The predicted octanol–water partition coefficient (Wildman–Crippen LogP) is 3.19. The van der Waals surface area contributed by atoms with E-state index >= 15 is 0 Å². The summed E-state index contributed by atoms with van der Waals surface area (Å²) in [6, 6.07) is 6.52. The lowest BCUT2D eigenvalue weighted by atomic mass is 9.97. The molecule has 130 valence electrons. The molecule has 0 bridgehead atoms. The molecule has 1 saturated heterocycles. The van der Waals surface area contributed by atoms with Crippen molar-refractivity contribution in [1.29, 1.82) is 0 Å². The van der Waals surface area contributed by atoms with Crippen LogP contribution in [0.25, 0.3) is 0 Å². The van der Waals surface area contributed by atoms with Gasteiger partial charge in [-0.15, -0.1) is 5.10 Å². The molecule has 5 nitrogen and oxygen atoms in total. The van der Waals surface area contributed by atoms with Gasteiger partial charge in [0.05, 0.1) is 6.54 Å². The minimum atomic E-state index is -4.33. The second-order valence-corrected chi connectivity index (χ2v) is 6.36. The van der Waals surface area contributed by atoms with Gasteiger partial charge in [-0.05, 0) is 54.8 Å². The highest BCUT2D eigenvalue weighted by atomic mass is 19.4. The van der Waals surface area contributed by atoms with Gasteiger partial charge in [0.1, 0.15) is 6.54 Å². The van der Waals surface area contributed by atoms with Gasteiger partial charge in [0.25, 0.3) is 0 Å². The normalized spacial score (nSPS) is 19.1. The zero-order valence-corrected chi connectivity index (χ0v) is 13.7. The second kappa shape index (κ2) is 6.51. The van der Waals surface area contributed by atoms with Gasteiger partial charge in [0, 0.05) is 6.04 Å². The molecule has 1 aliphatic heterocycles. The van der Waals surface area contributed by atoms with E-state index in [9.17, 15) is 13.2 Å². The molecular weight excluding hydrogens is 319 g/mol. The lowest BCUT2D eigenvalue weighted by Crippen LogP contribution is -2.27. The first-order chi connectivity index (χ1) is 11.3. The van der Waals surface area contributed by atoms with Crippen molar-refractivity contribution in [3.63, 3.8) is 0 Å². The Morgan fingerprint density at radius 3 is 2.79 bits per heavy atom. The van der Waals surface area contributed by atoms with Crippen LogP contribution in [0.1, 0.15) is 41.4 Å². The standard InChI is InChI=1S/C16H20F3N5/c1-11-5-6-12(2)13(8-11)14-4-3-7-23(14)9-15-20-21-22-24(15)10-16(17,18)19/h5-6,8,14H,3-4,7,9-10H2,1-2H3/t14-/m0/s1. The first kappa shape index (κ1) is 16.9. The summed E-state index contributed by atoms with van der Waals surface area (Å²) >= 11 is 0. The van der Waals surface area contributed by atoms with Gasteiger partial charge in [-0.1, -0.05) is 23.8 Å². The van der Waals surface area contributed by atoms with Crippen LogP contribution in [0.4, 0.5) is 13.2 Å². The third-order valence-electron chi connectivity index (χ3n) is 4.44. The summed E-state index contributed by atoms with van der Waals surface area (Å²) in [5.74, 6) is 0.254. The van der Waals surface area contributed by atoms with Crippen LogP contribution in [0, 0.1) is 13.8 Å². The van der Waals surface area contributed by atoms with Gasteiger partial charge in [0.15, 0.2) is 5.82 Å². The molecule has 24 heavy (non-hydrogen) atoms. The fourth-order valence-corrected chi connectivity index (χ4v) is 3.30. The van der Waals surface area contributed by atoms with Crippen molar-refractivity contribution < 1.29 is 13.2 Å². The van der Waals surface area contributed by atoms with E-state index < -0.39 is 12.7 Å². The molecule has 0 saturated carbocycles. The number of likely N-dealkylation sites (tertiary alicyclic amines) is 1. The van der Waals surface area contributed by atoms with Crippen molar-refractivity contribution in [2.75, 3.05) is 6.54 Å². The topological polar surface area (TPSA) is 46.8 Å². The van der Waals surface area contributed by atoms with E-state index in [1.54, 1.807) is 0 Å². The molecule has 1 aromatic heterocycles. The molecule has 0 unspecified atom stereocenters. The van der Waals surface area contributed by atoms with Crippen molar-refractivity contribution in [3.8, 4) is 0 Å². The molecule has 1 aromatic carbocycles. The van der Waals surface area contributed by atoms with Crippen LogP contribution in [0.3, 0.4) is 0 Å². The SMILES string of the molecule is Cc1ccc(C)c([C@@H]2CCCN2Cc2nnnn2CC(F)(F)F)c1. The van der Waals surface area contributed by atoms with Crippen LogP contribution in [0.15, 0.2) is 18.2 Å². The van der Waals surface area contributed by atoms with Crippen molar-refractivity contribution in [2.45, 2.75) is 52.0 Å². The summed E-state index contributed by atoms with van der Waals surface area (Å²) in [6.07, 6.45) is -2.33. The number of halogens is 3. The Hall–Kier alpha value is -1.96. The zero-order chi connectivity index (χ0) is 17.3. The summed E-state index contributed by atoms with van der Waals surface area (Å²) < 4.78 is 38.7. The number of hydrogen-bond acceptors (Lipinski definition) is 4. The highest BCUT2D eigenvalue weighted by Gasteiger charge is 2.32. The summed E-state index contributed by atoms with van der Waals surface area (Å²) in [6.45, 7) is 4.11. The van der Waals surface area contributed by atoms with E-state index in [0.717, 1.165) is 24.1 Å². The van der Waals surface area contributed by atoms with Crippen molar-refractivity contribution in [1.82, 2.24) is 25.1 Å². The fraction of sp³-hybridized carbons (Fsp3) is 0.562. The number of benzene rings is 1. The Morgan fingerprint density at radius 1 is 1.25 bits per heavy atom. The number of alkyl halides is 3. The maximum Gasteiger partial charge on any atom is 0.408 e. The van der Waals surface area contributed by atoms with Crippen LogP contribution in [-0.2, 0) is 13.1 Å². The molecule has 8 heteroatoms. The number of rotatable bonds is 4. The highest BCUT2D eigenvalue weighted by molar-refractivity contribution is 5.33. The van der Waals surface area contributed by atoms with E-state index in [0.29, 0.717) is 6.54 Å². The lowest BCUT2D eigenvalue weighted by molar-refractivity contribution is -0.143. The van der Waals surface area contributed by atoms with Gasteiger partial charge in [-0.25, -0.2) is 4.68 Å². The van der Waals surface area contributed by atoms with Gasteiger partial charge in [-0.3, -0.25) is 4.90 Å². The minimum Gasteiger partial charge on any atom is -0.289 e. The molecule has 0 aliphatic carbocycles. The predicted molar refractivity (Wildman–Crippen MR) is 82.2 cm³/mol. The maximum atomic E-state index is 12.6. The first-order valence-electron chi connectivity index (χ1n) is 7.96. The molecule has 0 radical (unpaired) electrons. The monoisotopic (exact) mass is 339 g/mol. The van der Waals surface area contributed by atoms with Crippen LogP contribution in [0.5, 0.6) is 0 Å². The summed E-state index contributed by atoms with van der Waals surface area (Å²) in [7, 11) is 0. The Morgan fingerprint density at radius 2 is 2.04 bits per heavy atom. The van der Waals surface area contributed by atoms with Crippen molar-refractivity contribution in [2.24, 2.45) is 0 Å². The molecular formula is C16H20F3N5. The summed E-state index contributed by atoms with van der Waals surface area (Å²) in [5.41, 5.74) is 3.62. The van der Waals surface area contributed by atoms with Gasteiger partial charge >= 0.3 is 6.18 Å². The summed E-state index contributed by atoms with van der Waals surface area (Å²) in [4.78, 5) is 2.17. The Labute approximate surface area is 138 Å². The van der Waals surface area contributed by atoms with Gasteiger partial charge in [-0.2, -0.15) is 13.2 Å². The van der Waals surface area contributed by atoms with Crippen molar-refractivity contribution in [3.05, 3.63) is 40.7 Å². The number of aromatic nitrogens is 4. The molecule has 1 atom stereocenters. The lowest BCUT2D eigenvalue weighted by Gasteiger charge is -2.26. The van der Waals surface area contributed by atoms with Gasteiger partial charge < -0.3 is 0 Å². The third-order valence-corrected chi connectivity index (χ3v) is 4.44. The maximum absolute atomic E-state index is 12.6. The molecule has 3 rings (SSSR count). The summed E-state index contributed by atoms with van der Waals surface area (Å²) in [5, 5.41) is 10.7. The molecule has 0 amide bonds. The molecule has 0 N–H and O–H groups in total. The third kappa shape index (κ3) is 3.75. The number of aryl methyl sites for hydroxylation is 2. The quantitative estimate of drug-likeness (QED) is 0.858. The van der Waals surface area contributed by atoms with E-state index in [4.69, 9.17) is 0 Å². The Balaban J connectivity index is 1.80. The van der Waals surface area contributed by atoms with Gasteiger partial charge in [0.2, 0.25) is 0 Å². The minimum absolute atomic E-state index is 0.195. The smallest absolute Gasteiger partial charge is 0.289 e.